The van der Waals surface area contributed by atoms with E-state index in [2.05, 4.69) is 15.0 Å². The highest BCUT2D eigenvalue weighted by Gasteiger charge is 2.41. The fourth-order valence-electron chi connectivity index (χ4n) is 3.36. The van der Waals surface area contributed by atoms with Gasteiger partial charge in [-0.25, -0.2) is 14.6 Å². The van der Waals surface area contributed by atoms with Crippen LogP contribution in [0, 0.1) is 10.8 Å². The minimum absolute atomic E-state index is 0.0877. The van der Waals surface area contributed by atoms with Gasteiger partial charge in [-0.3, -0.25) is 0 Å². The van der Waals surface area contributed by atoms with Crippen molar-refractivity contribution in [3.05, 3.63) is 0 Å². The van der Waals surface area contributed by atoms with Gasteiger partial charge in [-0.05, 0) is 30.1 Å². The third-order valence-electron chi connectivity index (χ3n) is 3.68. The number of alkyl halides is 3. The number of nitrogens with zero attached hydrogens (tertiary/aromatic N) is 1. The summed E-state index contributed by atoms with van der Waals surface area (Å²) < 4.78 is 40.0. The van der Waals surface area contributed by atoms with E-state index in [1.54, 1.807) is 6.08 Å². The average Bonchev–Trinajstić information content (AvgIpc) is 2.31. The molecule has 0 aromatic rings. The fourth-order valence-corrected chi connectivity index (χ4v) is 3.36. The fraction of sp³-hybridized carbons (Fsp3) is 0.857. The van der Waals surface area contributed by atoms with Crippen molar-refractivity contribution in [1.82, 2.24) is 5.32 Å². The highest BCUT2D eigenvalue weighted by Crippen LogP contribution is 2.46. The Kier molecular flexibility index (Phi) is 5.62. The van der Waals surface area contributed by atoms with Gasteiger partial charge in [0, 0.05) is 6.54 Å². The predicted octanol–water partition coefficient (Wildman–Crippen LogP) is 3.20. The third kappa shape index (κ3) is 6.47. The van der Waals surface area contributed by atoms with Crippen molar-refractivity contribution in [2.75, 3.05) is 13.2 Å². The standard InChI is InChI=1S/C14H21F3N2O3/c1-12(2)4-10(19-9-20)5-13(3,6-12)7-18-11(21)22-8-14(15,16)17/h10H,4-8H2,1-3H3,(H,18,21). The second-order valence-electron chi connectivity index (χ2n) is 6.98. The van der Waals surface area contributed by atoms with Gasteiger partial charge in [-0.2, -0.15) is 13.2 Å². The summed E-state index contributed by atoms with van der Waals surface area (Å²) in [7, 11) is 0. The second kappa shape index (κ2) is 6.69. The number of carbonyl (C=O) groups excluding carboxylic acids is 2. The molecule has 5 nitrogen and oxygen atoms in total. The number of nitrogens with one attached hydrogen (secondary N) is 1. The SMILES string of the molecule is CC1(C)CC(N=C=O)CC(C)(CNC(=O)OCC(F)(F)F)C1. The Balaban J connectivity index is 2.58. The highest BCUT2D eigenvalue weighted by molar-refractivity contribution is 5.67. The number of carbonyl (C=O) groups is 1. The Morgan fingerprint density at radius 1 is 1.36 bits per heavy atom. The normalized spacial score (nSPS) is 27.6. The summed E-state index contributed by atoms with van der Waals surface area (Å²) in [4.78, 5) is 25.5. The second-order valence-corrected chi connectivity index (χ2v) is 6.98. The van der Waals surface area contributed by atoms with E-state index < -0.39 is 18.9 Å². The van der Waals surface area contributed by atoms with Crippen molar-refractivity contribution in [1.29, 1.82) is 0 Å². The van der Waals surface area contributed by atoms with E-state index in [0.29, 0.717) is 6.42 Å². The van der Waals surface area contributed by atoms with Crippen LogP contribution in [0.4, 0.5) is 18.0 Å². The Hall–Kier alpha value is -1.56. The smallest absolute Gasteiger partial charge is 0.422 e. The highest BCUT2D eigenvalue weighted by atomic mass is 19.4. The van der Waals surface area contributed by atoms with Crippen LogP contribution >= 0.6 is 0 Å². The number of halogens is 3. The predicted molar refractivity (Wildman–Crippen MR) is 73.1 cm³/mol. The molecule has 1 amide bonds. The van der Waals surface area contributed by atoms with E-state index in [0.717, 1.165) is 12.8 Å². The molecule has 0 spiro atoms. The number of isocyanates is 1. The van der Waals surface area contributed by atoms with Gasteiger partial charge in [0.15, 0.2) is 6.61 Å². The molecule has 0 bridgehead atoms. The molecular formula is C14H21F3N2O3. The first-order valence-electron chi connectivity index (χ1n) is 6.99. The lowest BCUT2D eigenvalue weighted by molar-refractivity contribution is -0.160. The quantitative estimate of drug-likeness (QED) is 0.638. The molecule has 22 heavy (non-hydrogen) atoms. The van der Waals surface area contributed by atoms with Crippen molar-refractivity contribution >= 4 is 12.2 Å². The van der Waals surface area contributed by atoms with E-state index in [9.17, 15) is 22.8 Å². The van der Waals surface area contributed by atoms with Crippen LogP contribution in [0.3, 0.4) is 0 Å². The molecule has 0 aromatic heterocycles. The number of alkyl carbamates (subject to hydrolysis) is 1. The zero-order chi connectivity index (χ0) is 17.0. The number of hydrogen-bond acceptors (Lipinski definition) is 4. The van der Waals surface area contributed by atoms with Gasteiger partial charge in [0.05, 0.1) is 6.04 Å². The topological polar surface area (TPSA) is 67.8 Å². The molecule has 8 heteroatoms. The number of amides is 1. The van der Waals surface area contributed by atoms with Crippen molar-refractivity contribution in [3.63, 3.8) is 0 Å². The van der Waals surface area contributed by atoms with Gasteiger partial charge in [0.25, 0.3) is 0 Å². The molecule has 1 aliphatic carbocycles. The Labute approximate surface area is 127 Å². The van der Waals surface area contributed by atoms with Crippen LogP contribution in [0.5, 0.6) is 0 Å². The summed E-state index contributed by atoms with van der Waals surface area (Å²) in [5.41, 5.74) is -0.459. The number of hydrogen-bond donors (Lipinski definition) is 1. The van der Waals surface area contributed by atoms with E-state index in [1.807, 2.05) is 20.8 Å². The molecule has 0 saturated heterocycles. The summed E-state index contributed by atoms with van der Waals surface area (Å²) in [6, 6.07) is -0.195. The summed E-state index contributed by atoms with van der Waals surface area (Å²) in [6.45, 7) is 4.52. The summed E-state index contributed by atoms with van der Waals surface area (Å²) in [5, 5.41) is 2.36. The number of ether oxygens (including phenoxy) is 1. The molecule has 1 saturated carbocycles. The van der Waals surface area contributed by atoms with E-state index in [4.69, 9.17) is 0 Å². The molecule has 126 valence electrons. The first-order chi connectivity index (χ1) is 9.95. The molecule has 1 aliphatic rings. The molecule has 0 heterocycles. The van der Waals surface area contributed by atoms with E-state index in [1.165, 1.54) is 0 Å². The summed E-state index contributed by atoms with van der Waals surface area (Å²) in [5.74, 6) is 0. The maximum atomic E-state index is 12.0. The van der Waals surface area contributed by atoms with Crippen LogP contribution in [-0.2, 0) is 9.53 Å². The third-order valence-corrected chi connectivity index (χ3v) is 3.68. The minimum Gasteiger partial charge on any atom is -0.440 e. The van der Waals surface area contributed by atoms with Crippen molar-refractivity contribution < 1.29 is 27.5 Å². The maximum Gasteiger partial charge on any atom is 0.422 e. The Morgan fingerprint density at radius 2 is 2.00 bits per heavy atom. The van der Waals surface area contributed by atoms with Gasteiger partial charge in [-0.1, -0.05) is 20.8 Å². The van der Waals surface area contributed by atoms with Crippen molar-refractivity contribution in [2.45, 2.75) is 52.3 Å². The molecular weight excluding hydrogens is 301 g/mol. The van der Waals surface area contributed by atoms with Gasteiger partial charge in [0.1, 0.15) is 0 Å². The van der Waals surface area contributed by atoms with E-state index in [-0.39, 0.29) is 23.4 Å². The Bertz CT molecular complexity index is 459. The van der Waals surface area contributed by atoms with Crippen LogP contribution in [0.15, 0.2) is 4.99 Å². The van der Waals surface area contributed by atoms with Crippen molar-refractivity contribution in [2.24, 2.45) is 15.8 Å². The van der Waals surface area contributed by atoms with Crippen LogP contribution in [0.25, 0.3) is 0 Å². The van der Waals surface area contributed by atoms with Gasteiger partial charge < -0.3 is 10.1 Å². The zero-order valence-electron chi connectivity index (χ0n) is 12.9. The van der Waals surface area contributed by atoms with Crippen LogP contribution in [-0.4, -0.2) is 37.5 Å². The molecule has 1 N–H and O–H groups in total. The monoisotopic (exact) mass is 322 g/mol. The first-order valence-corrected chi connectivity index (χ1v) is 6.99. The lowest BCUT2D eigenvalue weighted by Gasteiger charge is -2.45. The Morgan fingerprint density at radius 3 is 2.55 bits per heavy atom. The number of rotatable bonds is 4. The molecule has 1 rings (SSSR count). The lowest BCUT2D eigenvalue weighted by atomic mass is 9.63. The average molecular weight is 322 g/mol. The van der Waals surface area contributed by atoms with E-state index >= 15 is 0 Å². The molecule has 1 fully saturated rings. The van der Waals surface area contributed by atoms with Crippen LogP contribution in [0.2, 0.25) is 0 Å². The molecule has 0 radical (unpaired) electrons. The minimum atomic E-state index is -4.54. The van der Waals surface area contributed by atoms with Crippen LogP contribution in [0.1, 0.15) is 40.0 Å². The lowest BCUT2D eigenvalue weighted by Crippen LogP contribution is -2.45. The molecule has 2 unspecified atom stereocenters. The number of aliphatic imine (C=N–C) groups is 1. The van der Waals surface area contributed by atoms with Crippen LogP contribution < -0.4 is 5.32 Å². The largest absolute Gasteiger partial charge is 0.440 e. The maximum absolute atomic E-state index is 12.0. The summed E-state index contributed by atoms with van der Waals surface area (Å²) in [6.07, 6.45) is -2.04. The molecule has 0 aliphatic heterocycles. The first kappa shape index (κ1) is 18.5. The van der Waals surface area contributed by atoms with Crippen molar-refractivity contribution in [3.8, 4) is 0 Å². The molecule has 0 aromatic carbocycles. The molecule has 2 atom stereocenters. The van der Waals surface area contributed by atoms with Gasteiger partial charge in [-0.15, -0.1) is 0 Å². The van der Waals surface area contributed by atoms with Gasteiger partial charge in [0.2, 0.25) is 6.08 Å². The summed E-state index contributed by atoms with van der Waals surface area (Å²) >= 11 is 0. The zero-order valence-corrected chi connectivity index (χ0v) is 12.9. The van der Waals surface area contributed by atoms with Gasteiger partial charge >= 0.3 is 12.3 Å².